The van der Waals surface area contributed by atoms with Crippen LogP contribution in [0.5, 0.6) is 0 Å². The maximum absolute atomic E-state index is 4.10. The van der Waals surface area contributed by atoms with Crippen molar-refractivity contribution in [3.8, 4) is 0 Å². The van der Waals surface area contributed by atoms with E-state index in [0.29, 0.717) is 11.6 Å². The first-order valence-corrected chi connectivity index (χ1v) is 3.77. The number of aromatic nitrogens is 4. The van der Waals surface area contributed by atoms with Crippen LogP contribution in [0.3, 0.4) is 0 Å². The van der Waals surface area contributed by atoms with E-state index in [4.69, 9.17) is 0 Å². The number of nitrogens with zero attached hydrogens (tertiary/aromatic N) is 4. The van der Waals surface area contributed by atoms with Gasteiger partial charge in [-0.15, -0.1) is 5.52 Å². The van der Waals surface area contributed by atoms with Gasteiger partial charge in [0.15, 0.2) is 0 Å². The van der Waals surface area contributed by atoms with Crippen molar-refractivity contribution in [1.82, 2.24) is 19.5 Å². The zero-order valence-corrected chi connectivity index (χ0v) is 13.8. The summed E-state index contributed by atoms with van der Waals surface area (Å²) in [7, 11) is 0. The van der Waals surface area contributed by atoms with Crippen molar-refractivity contribution in [2.24, 2.45) is 0 Å². The second-order valence-electron chi connectivity index (χ2n) is 2.85. The molecule has 0 aromatic carbocycles. The number of hydrogen-bond acceptors (Lipinski definition) is 3. The van der Waals surface area contributed by atoms with E-state index in [1.54, 1.807) is 6.33 Å². The molecule has 2 rings (SSSR count). The Labute approximate surface area is 133 Å². The van der Waals surface area contributed by atoms with E-state index >= 15 is 0 Å². The van der Waals surface area contributed by atoms with Gasteiger partial charge in [0.1, 0.15) is 0 Å². The molecule has 4 nitrogen and oxygen atoms in total. The van der Waals surface area contributed by atoms with Crippen molar-refractivity contribution in [2.45, 2.75) is 19.9 Å². The predicted octanol–water partition coefficient (Wildman–Crippen LogP) is 1.00. The molecule has 0 fully saturated rings. The maximum Gasteiger partial charge on any atom is 0.0711 e. The molecule has 2 radical (unpaired) electrons. The second kappa shape index (κ2) is 6.36. The molecule has 14 heavy (non-hydrogen) atoms. The molecule has 0 spiro atoms. The van der Waals surface area contributed by atoms with Gasteiger partial charge in [-0.3, -0.25) is 4.98 Å². The van der Waals surface area contributed by atoms with E-state index in [1.165, 1.54) is 0 Å². The summed E-state index contributed by atoms with van der Waals surface area (Å²) >= 11 is 0. The quantitative estimate of drug-likeness (QED) is 0.729. The largest absolute Gasteiger partial charge is 0.522 e. The number of hydrogen-bond donors (Lipinski definition) is 0. The Morgan fingerprint density at radius 1 is 1.36 bits per heavy atom. The molecule has 0 aliphatic rings. The summed E-state index contributed by atoms with van der Waals surface area (Å²) in [4.78, 5) is 11.7. The minimum Gasteiger partial charge on any atom is -0.522 e. The van der Waals surface area contributed by atoms with Gasteiger partial charge in [0.2, 0.25) is 0 Å². The van der Waals surface area contributed by atoms with E-state index in [0.717, 1.165) is 5.65 Å². The first-order valence-electron chi connectivity index (χ1n) is 3.77. The number of rotatable bonds is 1. The molecule has 2 heterocycles. The smallest absolute Gasteiger partial charge is 0.0711 e. The van der Waals surface area contributed by atoms with Gasteiger partial charge in [-0.2, -0.15) is 6.33 Å². The van der Waals surface area contributed by atoms with Crippen LogP contribution >= 0.6 is 0 Å². The van der Waals surface area contributed by atoms with Crippen LogP contribution in [0.25, 0.3) is 11.2 Å². The van der Waals surface area contributed by atoms with E-state index in [-0.39, 0.29) is 65.4 Å². The molecule has 6 heteroatoms. The van der Waals surface area contributed by atoms with Crippen LogP contribution < -0.4 is 0 Å². The summed E-state index contributed by atoms with van der Waals surface area (Å²) in [6.45, 7) is 4.15. The molecule has 2 aromatic rings. The van der Waals surface area contributed by atoms with E-state index in [2.05, 4.69) is 41.3 Å². The number of imidazole rings is 1. The zero-order valence-electron chi connectivity index (χ0n) is 8.10. The van der Waals surface area contributed by atoms with Crippen LogP contribution in [0.15, 0.2) is 6.33 Å². The van der Waals surface area contributed by atoms with Crippen molar-refractivity contribution in [3.05, 3.63) is 18.9 Å². The average Bonchev–Trinajstić information content (AvgIpc) is 2.47. The Hall–Kier alpha value is 0.758. The summed E-state index contributed by atoms with van der Waals surface area (Å²) in [6, 6.07) is 0.353. The van der Waals surface area contributed by atoms with Gasteiger partial charge < -0.3 is 14.5 Å². The van der Waals surface area contributed by atoms with Gasteiger partial charge in [0.25, 0.3) is 0 Å². The third-order valence-corrected chi connectivity index (χ3v) is 1.69. The minimum atomic E-state index is 0. The van der Waals surface area contributed by atoms with Crippen molar-refractivity contribution >= 4 is 11.2 Å². The van der Waals surface area contributed by atoms with Crippen LogP contribution in [0.1, 0.15) is 19.9 Å². The van der Waals surface area contributed by atoms with Crippen LogP contribution in [0, 0.1) is 12.5 Å². The molecule has 2 aromatic heterocycles. The Bertz CT molecular complexity index is 399. The van der Waals surface area contributed by atoms with Gasteiger partial charge in [-0.25, -0.2) is 6.20 Å². The van der Waals surface area contributed by atoms with Crippen molar-refractivity contribution in [2.75, 3.05) is 0 Å². The first-order chi connectivity index (χ1) is 5.79. The standard InChI is InChI=1S/C8H8N4.2Y/c1-6(2)12-5-11-7-3-9-4-10-8(7)12;;/h5-6H,1-2H3;;/q-2;;. The Kier molecular flexibility index (Phi) is 6.71. The van der Waals surface area contributed by atoms with Crippen LogP contribution in [-0.4, -0.2) is 19.5 Å². The van der Waals surface area contributed by atoms with Crippen LogP contribution in [0.4, 0.5) is 0 Å². The van der Waals surface area contributed by atoms with E-state index in [9.17, 15) is 0 Å². The Morgan fingerprint density at radius 2 is 2.07 bits per heavy atom. The van der Waals surface area contributed by atoms with Gasteiger partial charge >= 0.3 is 0 Å². The summed E-state index contributed by atoms with van der Waals surface area (Å²) in [5, 5.41) is 0. The fourth-order valence-electron chi connectivity index (χ4n) is 1.07. The summed E-state index contributed by atoms with van der Waals surface area (Å²) in [5.41, 5.74) is 1.49. The molecule has 0 N–H and O–H groups in total. The molecule has 0 amide bonds. The molecule has 0 aliphatic heterocycles. The van der Waals surface area contributed by atoms with Gasteiger partial charge in [-0.05, 0) is 13.8 Å². The molecular formula is C8H8N4Y2-2. The topological polar surface area (TPSA) is 43.6 Å². The third-order valence-electron chi connectivity index (χ3n) is 1.69. The SMILES string of the molecule is CC(C)n1cnc2[c-]n[c-]nc21.[Y].[Y]. The Balaban J connectivity index is 0.000000845. The van der Waals surface area contributed by atoms with Crippen LogP contribution in [-0.2, 0) is 65.4 Å². The zero-order chi connectivity index (χ0) is 8.55. The molecular weight excluding hydrogens is 330 g/mol. The summed E-state index contributed by atoms with van der Waals surface area (Å²) in [6.07, 6.45) is 6.97. The van der Waals surface area contributed by atoms with E-state index < -0.39 is 0 Å². The fourth-order valence-corrected chi connectivity index (χ4v) is 1.07. The first kappa shape index (κ1) is 14.8. The second-order valence-corrected chi connectivity index (χ2v) is 2.85. The molecule has 0 bridgehead atoms. The Morgan fingerprint density at radius 3 is 2.71 bits per heavy atom. The third kappa shape index (κ3) is 2.88. The molecule has 68 valence electrons. The normalized spacial score (nSPS) is 9.64. The van der Waals surface area contributed by atoms with E-state index in [1.807, 2.05) is 4.57 Å². The predicted molar refractivity (Wildman–Crippen MR) is 43.4 cm³/mol. The molecule has 0 saturated carbocycles. The molecule has 0 unspecified atom stereocenters. The van der Waals surface area contributed by atoms with Crippen molar-refractivity contribution < 1.29 is 65.4 Å². The number of fused-ring (bicyclic) bond motifs is 1. The summed E-state index contributed by atoms with van der Waals surface area (Å²) < 4.78 is 1.96. The monoisotopic (exact) mass is 338 g/mol. The average molecular weight is 338 g/mol. The van der Waals surface area contributed by atoms with Gasteiger partial charge in [0, 0.05) is 71.5 Å². The van der Waals surface area contributed by atoms with Gasteiger partial charge in [-0.1, -0.05) is 5.65 Å². The van der Waals surface area contributed by atoms with Gasteiger partial charge in [0.05, 0.1) is 6.33 Å². The van der Waals surface area contributed by atoms with Crippen molar-refractivity contribution in [1.29, 1.82) is 0 Å². The molecule has 0 atom stereocenters. The summed E-state index contributed by atoms with van der Waals surface area (Å²) in [5.74, 6) is 0. The van der Waals surface area contributed by atoms with Crippen molar-refractivity contribution in [3.63, 3.8) is 0 Å². The fraction of sp³-hybridized carbons (Fsp3) is 0.375. The minimum absolute atomic E-state index is 0. The molecule has 0 saturated heterocycles. The maximum atomic E-state index is 4.10. The molecule has 0 aliphatic carbocycles. The van der Waals surface area contributed by atoms with Crippen LogP contribution in [0.2, 0.25) is 0 Å².